The maximum Gasteiger partial charge on any atom is 0.258 e. The standard InChI is InChI=1S/C24H25FN2O4/c1-24(2,15-28)20(16-6-4-3-5-7-16)13-26-23(30)19-9-8-18(25)12-21(19)27-22(29)17-10-11-31-14-17/h3-12,14,20,28H,13,15H2,1-2H3,(H,26,30)(H,27,29). The highest BCUT2D eigenvalue weighted by Crippen LogP contribution is 2.34. The molecule has 0 aliphatic rings. The van der Waals surface area contributed by atoms with Crippen molar-refractivity contribution in [3.8, 4) is 0 Å². The summed E-state index contributed by atoms with van der Waals surface area (Å²) >= 11 is 0. The van der Waals surface area contributed by atoms with Crippen molar-refractivity contribution in [1.29, 1.82) is 0 Å². The molecule has 0 radical (unpaired) electrons. The third kappa shape index (κ3) is 5.38. The number of halogens is 1. The number of nitrogens with one attached hydrogen (secondary N) is 2. The Morgan fingerprint density at radius 2 is 1.84 bits per heavy atom. The molecule has 7 heteroatoms. The van der Waals surface area contributed by atoms with Crippen molar-refractivity contribution in [2.75, 3.05) is 18.5 Å². The summed E-state index contributed by atoms with van der Waals surface area (Å²) in [6.07, 6.45) is 2.61. The fourth-order valence-electron chi connectivity index (χ4n) is 3.34. The van der Waals surface area contributed by atoms with Gasteiger partial charge >= 0.3 is 0 Å². The number of amides is 2. The van der Waals surface area contributed by atoms with Crippen LogP contribution in [0.4, 0.5) is 10.1 Å². The lowest BCUT2D eigenvalue weighted by molar-refractivity contribution is 0.0921. The highest BCUT2D eigenvalue weighted by Gasteiger charge is 2.31. The summed E-state index contributed by atoms with van der Waals surface area (Å²) in [5.41, 5.74) is 0.933. The van der Waals surface area contributed by atoms with Crippen LogP contribution in [0.5, 0.6) is 0 Å². The molecule has 2 amide bonds. The van der Waals surface area contributed by atoms with Crippen molar-refractivity contribution in [3.63, 3.8) is 0 Å². The van der Waals surface area contributed by atoms with E-state index in [0.717, 1.165) is 17.7 Å². The Morgan fingerprint density at radius 3 is 2.48 bits per heavy atom. The zero-order valence-corrected chi connectivity index (χ0v) is 17.4. The van der Waals surface area contributed by atoms with Gasteiger partial charge in [0, 0.05) is 19.1 Å². The highest BCUT2D eigenvalue weighted by molar-refractivity contribution is 6.08. The normalized spacial score (nSPS) is 12.3. The molecule has 0 saturated heterocycles. The number of anilines is 1. The largest absolute Gasteiger partial charge is 0.472 e. The summed E-state index contributed by atoms with van der Waals surface area (Å²) in [5.74, 6) is -1.72. The van der Waals surface area contributed by atoms with Gasteiger partial charge in [0.25, 0.3) is 11.8 Å². The maximum atomic E-state index is 13.8. The quantitative estimate of drug-likeness (QED) is 0.505. The monoisotopic (exact) mass is 424 g/mol. The summed E-state index contributed by atoms with van der Waals surface area (Å²) < 4.78 is 18.7. The molecular weight excluding hydrogens is 399 g/mol. The first kappa shape index (κ1) is 22.2. The number of furan rings is 1. The Morgan fingerprint density at radius 1 is 1.10 bits per heavy atom. The first-order valence-corrected chi connectivity index (χ1v) is 9.89. The number of rotatable bonds is 8. The fraction of sp³-hybridized carbons (Fsp3) is 0.250. The van der Waals surface area contributed by atoms with Crippen LogP contribution in [0.25, 0.3) is 0 Å². The average Bonchev–Trinajstić information content (AvgIpc) is 3.29. The molecule has 162 valence electrons. The van der Waals surface area contributed by atoms with Gasteiger partial charge in [0.05, 0.1) is 23.1 Å². The number of aliphatic hydroxyl groups is 1. The van der Waals surface area contributed by atoms with Gasteiger partial charge in [-0.05, 0) is 35.2 Å². The van der Waals surface area contributed by atoms with E-state index in [1.54, 1.807) is 0 Å². The second-order valence-corrected chi connectivity index (χ2v) is 7.98. The summed E-state index contributed by atoms with van der Waals surface area (Å²) in [4.78, 5) is 25.3. The second kappa shape index (κ2) is 9.57. The Hall–Kier alpha value is -3.45. The molecule has 3 rings (SSSR count). The van der Waals surface area contributed by atoms with Crippen LogP contribution in [0.2, 0.25) is 0 Å². The van der Waals surface area contributed by atoms with Gasteiger partial charge in [-0.15, -0.1) is 0 Å². The minimum atomic E-state index is -0.581. The molecule has 1 unspecified atom stereocenters. The first-order valence-electron chi connectivity index (χ1n) is 9.89. The van der Waals surface area contributed by atoms with Gasteiger partial charge in [-0.3, -0.25) is 9.59 Å². The lowest BCUT2D eigenvalue weighted by atomic mass is 9.75. The lowest BCUT2D eigenvalue weighted by Crippen LogP contribution is -2.37. The molecular formula is C24H25FN2O4. The lowest BCUT2D eigenvalue weighted by Gasteiger charge is -2.33. The summed E-state index contributed by atoms with van der Waals surface area (Å²) in [5, 5.41) is 15.3. The van der Waals surface area contributed by atoms with Crippen LogP contribution >= 0.6 is 0 Å². The van der Waals surface area contributed by atoms with Crippen molar-refractivity contribution in [2.45, 2.75) is 19.8 Å². The highest BCUT2D eigenvalue weighted by atomic mass is 19.1. The SMILES string of the molecule is CC(C)(CO)C(CNC(=O)c1ccc(F)cc1NC(=O)c1ccoc1)c1ccccc1. The molecule has 0 bridgehead atoms. The molecule has 1 aromatic heterocycles. The van der Waals surface area contributed by atoms with E-state index in [4.69, 9.17) is 4.42 Å². The van der Waals surface area contributed by atoms with Gasteiger partial charge in [0.2, 0.25) is 0 Å². The molecule has 0 aliphatic heterocycles. The molecule has 31 heavy (non-hydrogen) atoms. The molecule has 1 atom stereocenters. The van der Waals surface area contributed by atoms with Crippen LogP contribution in [-0.4, -0.2) is 30.1 Å². The number of hydrogen-bond acceptors (Lipinski definition) is 4. The topological polar surface area (TPSA) is 91.6 Å². The van der Waals surface area contributed by atoms with Crippen molar-refractivity contribution < 1.29 is 23.5 Å². The number of benzene rings is 2. The molecule has 3 N–H and O–H groups in total. The summed E-state index contributed by atoms with van der Waals surface area (Å²) in [6.45, 7) is 4.03. The van der Waals surface area contributed by atoms with Crippen LogP contribution in [0.15, 0.2) is 71.5 Å². The Labute approximate surface area is 180 Å². The van der Waals surface area contributed by atoms with E-state index in [1.165, 1.54) is 24.7 Å². The van der Waals surface area contributed by atoms with Crippen LogP contribution in [0, 0.1) is 11.2 Å². The molecule has 2 aromatic carbocycles. The summed E-state index contributed by atoms with van der Waals surface area (Å²) in [7, 11) is 0. The van der Waals surface area contributed by atoms with Gasteiger partial charge in [0.1, 0.15) is 12.1 Å². The van der Waals surface area contributed by atoms with Gasteiger partial charge in [-0.25, -0.2) is 4.39 Å². The molecule has 3 aromatic rings. The average molecular weight is 424 g/mol. The molecule has 1 heterocycles. The van der Waals surface area contributed by atoms with Crippen LogP contribution < -0.4 is 10.6 Å². The molecule has 0 aliphatic carbocycles. The molecule has 0 spiro atoms. The van der Waals surface area contributed by atoms with Crippen molar-refractivity contribution in [2.24, 2.45) is 5.41 Å². The van der Waals surface area contributed by atoms with E-state index in [9.17, 15) is 19.1 Å². The van der Waals surface area contributed by atoms with E-state index >= 15 is 0 Å². The zero-order chi connectivity index (χ0) is 22.4. The van der Waals surface area contributed by atoms with E-state index < -0.39 is 23.0 Å². The van der Waals surface area contributed by atoms with Crippen LogP contribution in [0.3, 0.4) is 0 Å². The van der Waals surface area contributed by atoms with E-state index in [-0.39, 0.29) is 35.9 Å². The smallest absolute Gasteiger partial charge is 0.258 e. The van der Waals surface area contributed by atoms with E-state index in [0.29, 0.717) is 0 Å². The zero-order valence-electron chi connectivity index (χ0n) is 17.4. The molecule has 6 nitrogen and oxygen atoms in total. The van der Waals surface area contributed by atoms with Crippen LogP contribution in [-0.2, 0) is 0 Å². The summed E-state index contributed by atoms with van der Waals surface area (Å²) in [6, 6.07) is 14.7. The molecule has 0 fully saturated rings. The minimum absolute atomic E-state index is 0.0568. The Balaban J connectivity index is 1.80. The number of carbonyl (C=O) groups is 2. The minimum Gasteiger partial charge on any atom is -0.472 e. The van der Waals surface area contributed by atoms with E-state index in [2.05, 4.69) is 10.6 Å². The van der Waals surface area contributed by atoms with Crippen molar-refractivity contribution in [1.82, 2.24) is 5.32 Å². The van der Waals surface area contributed by atoms with Gasteiger partial charge < -0.3 is 20.2 Å². The fourth-order valence-corrected chi connectivity index (χ4v) is 3.34. The number of carbonyl (C=O) groups excluding carboxylic acids is 2. The molecule has 0 saturated carbocycles. The van der Waals surface area contributed by atoms with Crippen LogP contribution in [0.1, 0.15) is 46.0 Å². The Bertz CT molecular complexity index is 1030. The Kier molecular flexibility index (Phi) is 6.87. The predicted octanol–water partition coefficient (Wildman–Crippen LogP) is 4.20. The third-order valence-corrected chi connectivity index (χ3v) is 5.28. The van der Waals surface area contributed by atoms with Crippen molar-refractivity contribution in [3.05, 3.63) is 89.6 Å². The van der Waals surface area contributed by atoms with Gasteiger partial charge in [-0.2, -0.15) is 0 Å². The number of hydrogen-bond donors (Lipinski definition) is 3. The van der Waals surface area contributed by atoms with Gasteiger partial charge in [-0.1, -0.05) is 44.2 Å². The predicted molar refractivity (Wildman–Crippen MR) is 115 cm³/mol. The maximum absolute atomic E-state index is 13.8. The first-order chi connectivity index (χ1) is 14.8. The number of aliphatic hydroxyl groups excluding tert-OH is 1. The second-order valence-electron chi connectivity index (χ2n) is 7.98. The van der Waals surface area contributed by atoms with E-state index in [1.807, 2.05) is 44.2 Å². The van der Waals surface area contributed by atoms with Gasteiger partial charge in [0.15, 0.2) is 0 Å². The van der Waals surface area contributed by atoms with Crippen molar-refractivity contribution >= 4 is 17.5 Å². The third-order valence-electron chi connectivity index (χ3n) is 5.28.